The van der Waals surface area contributed by atoms with E-state index in [0.717, 1.165) is 5.56 Å². The zero-order chi connectivity index (χ0) is 15.1. The molecule has 0 aliphatic heterocycles. The Bertz CT molecular complexity index is 666. The van der Waals surface area contributed by atoms with Crippen molar-refractivity contribution in [2.24, 2.45) is 0 Å². The van der Waals surface area contributed by atoms with Gasteiger partial charge in [-0.25, -0.2) is 0 Å². The molecule has 4 nitrogen and oxygen atoms in total. The standard InChI is InChI=1S/C16H13ClN2O2/c17-14-8-13(9-18)6-7-15(14)21-11-16(20)19-10-12-4-2-1-3-5-12/h1-8H,10-11H2,(H,19,20). The third-order valence-corrected chi connectivity index (χ3v) is 3.05. The van der Waals surface area contributed by atoms with Crippen LogP contribution in [0.15, 0.2) is 48.5 Å². The number of hydrogen-bond donors (Lipinski definition) is 1. The lowest BCUT2D eigenvalue weighted by Crippen LogP contribution is -2.28. The highest BCUT2D eigenvalue weighted by molar-refractivity contribution is 6.32. The number of halogens is 1. The predicted molar refractivity (Wildman–Crippen MR) is 80.0 cm³/mol. The number of ether oxygens (including phenoxy) is 1. The van der Waals surface area contributed by atoms with Crippen LogP contribution in [-0.4, -0.2) is 12.5 Å². The fourth-order valence-corrected chi connectivity index (χ4v) is 1.91. The van der Waals surface area contributed by atoms with Crippen molar-refractivity contribution in [2.75, 3.05) is 6.61 Å². The second kappa shape index (κ2) is 7.32. The monoisotopic (exact) mass is 300 g/mol. The highest BCUT2D eigenvalue weighted by atomic mass is 35.5. The minimum Gasteiger partial charge on any atom is -0.482 e. The summed E-state index contributed by atoms with van der Waals surface area (Å²) in [5, 5.41) is 11.8. The minimum absolute atomic E-state index is 0.127. The highest BCUT2D eigenvalue weighted by Crippen LogP contribution is 2.24. The van der Waals surface area contributed by atoms with E-state index in [1.807, 2.05) is 36.4 Å². The molecule has 0 spiro atoms. The summed E-state index contributed by atoms with van der Waals surface area (Å²) in [6.07, 6.45) is 0. The number of amides is 1. The molecule has 0 aliphatic carbocycles. The van der Waals surface area contributed by atoms with Crippen molar-refractivity contribution in [1.82, 2.24) is 5.32 Å². The van der Waals surface area contributed by atoms with E-state index in [4.69, 9.17) is 21.6 Å². The smallest absolute Gasteiger partial charge is 0.258 e. The highest BCUT2D eigenvalue weighted by Gasteiger charge is 2.06. The molecule has 0 radical (unpaired) electrons. The number of nitrogens with zero attached hydrogens (tertiary/aromatic N) is 1. The Morgan fingerprint density at radius 1 is 1.24 bits per heavy atom. The van der Waals surface area contributed by atoms with Crippen molar-refractivity contribution in [3.63, 3.8) is 0 Å². The van der Waals surface area contributed by atoms with Crippen LogP contribution in [-0.2, 0) is 11.3 Å². The number of benzene rings is 2. The van der Waals surface area contributed by atoms with Gasteiger partial charge in [0.05, 0.1) is 16.7 Å². The molecule has 0 unspecified atom stereocenters. The summed E-state index contributed by atoms with van der Waals surface area (Å²) in [5.41, 5.74) is 1.46. The lowest BCUT2D eigenvalue weighted by Gasteiger charge is -2.09. The molecule has 0 atom stereocenters. The zero-order valence-electron chi connectivity index (χ0n) is 11.2. The number of carbonyl (C=O) groups is 1. The molecule has 0 aliphatic rings. The van der Waals surface area contributed by atoms with Crippen LogP contribution in [0.2, 0.25) is 5.02 Å². The van der Waals surface area contributed by atoms with Gasteiger partial charge in [0.25, 0.3) is 5.91 Å². The Labute approximate surface area is 127 Å². The van der Waals surface area contributed by atoms with Gasteiger partial charge in [-0.1, -0.05) is 41.9 Å². The van der Waals surface area contributed by atoms with E-state index in [1.165, 1.54) is 6.07 Å². The van der Waals surface area contributed by atoms with E-state index in [-0.39, 0.29) is 12.5 Å². The molecule has 0 bridgehead atoms. The van der Waals surface area contributed by atoms with Gasteiger partial charge >= 0.3 is 0 Å². The van der Waals surface area contributed by atoms with Crippen molar-refractivity contribution >= 4 is 17.5 Å². The van der Waals surface area contributed by atoms with E-state index in [2.05, 4.69) is 5.32 Å². The molecule has 0 saturated carbocycles. The topological polar surface area (TPSA) is 62.1 Å². The first-order chi connectivity index (χ1) is 10.2. The van der Waals surface area contributed by atoms with Crippen molar-refractivity contribution in [1.29, 1.82) is 5.26 Å². The van der Waals surface area contributed by atoms with Crippen molar-refractivity contribution in [2.45, 2.75) is 6.54 Å². The first-order valence-corrected chi connectivity index (χ1v) is 6.70. The van der Waals surface area contributed by atoms with E-state index in [9.17, 15) is 4.79 Å². The van der Waals surface area contributed by atoms with Crippen LogP contribution in [0, 0.1) is 11.3 Å². The van der Waals surface area contributed by atoms with Crippen LogP contribution in [0.25, 0.3) is 0 Å². The fourth-order valence-electron chi connectivity index (χ4n) is 1.68. The molecule has 1 N–H and O–H groups in total. The van der Waals surface area contributed by atoms with E-state index in [1.54, 1.807) is 12.1 Å². The average molecular weight is 301 g/mol. The van der Waals surface area contributed by atoms with Gasteiger partial charge in [0, 0.05) is 6.54 Å². The summed E-state index contributed by atoms with van der Waals surface area (Å²) in [4.78, 5) is 11.7. The molecule has 2 aromatic rings. The molecule has 1 amide bonds. The van der Waals surface area contributed by atoms with Gasteiger partial charge in [0.2, 0.25) is 0 Å². The number of nitrogens with one attached hydrogen (secondary N) is 1. The lowest BCUT2D eigenvalue weighted by molar-refractivity contribution is -0.123. The Morgan fingerprint density at radius 3 is 2.67 bits per heavy atom. The first-order valence-electron chi connectivity index (χ1n) is 6.32. The molecular weight excluding hydrogens is 288 g/mol. The molecular formula is C16H13ClN2O2. The molecule has 21 heavy (non-hydrogen) atoms. The zero-order valence-corrected chi connectivity index (χ0v) is 11.9. The van der Waals surface area contributed by atoms with Gasteiger partial charge in [0.15, 0.2) is 6.61 Å². The normalized spacial score (nSPS) is 9.71. The molecule has 106 valence electrons. The Balaban J connectivity index is 1.83. The average Bonchev–Trinajstić information content (AvgIpc) is 2.52. The molecule has 0 fully saturated rings. The van der Waals surface area contributed by atoms with Crippen LogP contribution < -0.4 is 10.1 Å². The van der Waals surface area contributed by atoms with Gasteiger partial charge in [-0.2, -0.15) is 5.26 Å². The summed E-state index contributed by atoms with van der Waals surface area (Å²) >= 11 is 5.96. The largest absolute Gasteiger partial charge is 0.482 e. The lowest BCUT2D eigenvalue weighted by atomic mass is 10.2. The maximum absolute atomic E-state index is 11.7. The van der Waals surface area contributed by atoms with E-state index in [0.29, 0.717) is 22.9 Å². The molecule has 2 aromatic carbocycles. The minimum atomic E-state index is -0.237. The number of nitriles is 1. The van der Waals surface area contributed by atoms with Crippen molar-refractivity contribution in [3.8, 4) is 11.8 Å². The third kappa shape index (κ3) is 4.51. The first kappa shape index (κ1) is 14.9. The number of rotatable bonds is 5. The van der Waals surface area contributed by atoms with Crippen molar-refractivity contribution < 1.29 is 9.53 Å². The predicted octanol–water partition coefficient (Wildman–Crippen LogP) is 2.91. The van der Waals surface area contributed by atoms with Crippen LogP contribution in [0.4, 0.5) is 0 Å². The summed E-state index contributed by atoms with van der Waals surface area (Å²) in [6.45, 7) is 0.322. The van der Waals surface area contributed by atoms with Gasteiger partial charge < -0.3 is 10.1 Å². The molecule has 0 saturated heterocycles. The van der Waals surface area contributed by atoms with Gasteiger partial charge in [-0.3, -0.25) is 4.79 Å². The second-order valence-corrected chi connectivity index (χ2v) is 4.72. The summed E-state index contributed by atoms with van der Waals surface area (Å²) in [6, 6.07) is 16.2. The summed E-state index contributed by atoms with van der Waals surface area (Å²) in [7, 11) is 0. The maximum atomic E-state index is 11.7. The molecule has 0 aromatic heterocycles. The van der Waals surface area contributed by atoms with Crippen LogP contribution in [0.5, 0.6) is 5.75 Å². The van der Waals surface area contributed by atoms with E-state index < -0.39 is 0 Å². The van der Waals surface area contributed by atoms with Gasteiger partial charge in [-0.05, 0) is 23.8 Å². The summed E-state index contributed by atoms with van der Waals surface area (Å²) in [5.74, 6) is 0.143. The van der Waals surface area contributed by atoms with Crippen LogP contribution >= 0.6 is 11.6 Å². The molecule has 2 rings (SSSR count). The molecule has 0 heterocycles. The second-order valence-electron chi connectivity index (χ2n) is 4.31. The Hall–Kier alpha value is -2.51. The van der Waals surface area contributed by atoms with Crippen LogP contribution in [0.3, 0.4) is 0 Å². The van der Waals surface area contributed by atoms with Crippen molar-refractivity contribution in [3.05, 3.63) is 64.7 Å². The number of hydrogen-bond acceptors (Lipinski definition) is 3. The van der Waals surface area contributed by atoms with Gasteiger partial charge in [0.1, 0.15) is 5.75 Å². The quantitative estimate of drug-likeness (QED) is 0.923. The Morgan fingerprint density at radius 2 is 2.00 bits per heavy atom. The fraction of sp³-hybridized carbons (Fsp3) is 0.125. The molecule has 5 heteroatoms. The maximum Gasteiger partial charge on any atom is 0.258 e. The SMILES string of the molecule is N#Cc1ccc(OCC(=O)NCc2ccccc2)c(Cl)c1. The Kier molecular flexibility index (Phi) is 5.19. The summed E-state index contributed by atoms with van der Waals surface area (Å²) < 4.78 is 5.33. The van der Waals surface area contributed by atoms with E-state index >= 15 is 0 Å². The third-order valence-electron chi connectivity index (χ3n) is 2.75. The number of carbonyl (C=O) groups excluding carboxylic acids is 1. The van der Waals surface area contributed by atoms with Crippen LogP contribution in [0.1, 0.15) is 11.1 Å². The van der Waals surface area contributed by atoms with Gasteiger partial charge in [-0.15, -0.1) is 0 Å².